The van der Waals surface area contributed by atoms with Gasteiger partial charge in [-0.05, 0) is 79.4 Å². The highest BCUT2D eigenvalue weighted by Gasteiger charge is 2.34. The maximum absolute atomic E-state index is 14.5. The summed E-state index contributed by atoms with van der Waals surface area (Å²) >= 11 is 0. The Morgan fingerprint density at radius 3 is 2.09 bits per heavy atom. The normalized spacial score (nSPS) is 12.0. The van der Waals surface area contributed by atoms with E-state index in [1.165, 1.54) is 29.2 Å². The van der Waals surface area contributed by atoms with Crippen molar-refractivity contribution < 1.29 is 27.1 Å². The molecule has 10 heteroatoms. The van der Waals surface area contributed by atoms with Gasteiger partial charge in [0.15, 0.2) is 0 Å². The standard InChI is InChI=1S/C37H42FN3O5S/c1-5-46-33-19-21-34(22-20-33)47(44,45)41(32-17-15-31(38)16-18-32)26-36(42)40(25-30-13-11-28(4)12-14-30)35(37(43)39-24-27(2)3)23-29-9-7-6-8-10-29/h6-22,27,35H,5,23-26H2,1-4H3,(H,39,43). The van der Waals surface area contributed by atoms with E-state index in [0.717, 1.165) is 33.1 Å². The van der Waals surface area contributed by atoms with Gasteiger partial charge < -0.3 is 15.0 Å². The van der Waals surface area contributed by atoms with E-state index in [4.69, 9.17) is 4.74 Å². The summed E-state index contributed by atoms with van der Waals surface area (Å²) < 4.78 is 48.7. The topological polar surface area (TPSA) is 96.0 Å². The molecule has 0 saturated heterocycles. The van der Waals surface area contributed by atoms with Crippen molar-refractivity contribution in [3.63, 3.8) is 0 Å². The summed E-state index contributed by atoms with van der Waals surface area (Å²) in [6, 6.07) is 26.8. The van der Waals surface area contributed by atoms with Crippen molar-refractivity contribution in [1.82, 2.24) is 10.2 Å². The van der Waals surface area contributed by atoms with E-state index in [0.29, 0.717) is 18.9 Å². The quantitative estimate of drug-likeness (QED) is 0.166. The van der Waals surface area contributed by atoms with E-state index in [-0.39, 0.29) is 35.4 Å². The van der Waals surface area contributed by atoms with Gasteiger partial charge in [0, 0.05) is 19.5 Å². The van der Waals surface area contributed by atoms with Crippen molar-refractivity contribution in [3.05, 3.63) is 126 Å². The zero-order valence-electron chi connectivity index (χ0n) is 27.2. The van der Waals surface area contributed by atoms with Crippen LogP contribution >= 0.6 is 0 Å². The number of anilines is 1. The van der Waals surface area contributed by atoms with Crippen molar-refractivity contribution >= 4 is 27.5 Å². The number of ether oxygens (including phenoxy) is 1. The van der Waals surface area contributed by atoms with Gasteiger partial charge in [-0.25, -0.2) is 12.8 Å². The molecular weight excluding hydrogens is 617 g/mol. The Hall–Kier alpha value is -4.70. The van der Waals surface area contributed by atoms with Crippen LogP contribution in [0, 0.1) is 18.7 Å². The number of nitrogens with zero attached hydrogens (tertiary/aromatic N) is 2. The highest BCUT2D eigenvalue weighted by atomic mass is 32.2. The van der Waals surface area contributed by atoms with Gasteiger partial charge in [-0.3, -0.25) is 13.9 Å². The fourth-order valence-electron chi connectivity index (χ4n) is 5.00. The van der Waals surface area contributed by atoms with Gasteiger partial charge in [-0.1, -0.05) is 74.0 Å². The van der Waals surface area contributed by atoms with E-state index in [9.17, 15) is 22.4 Å². The molecule has 4 aromatic rings. The number of hydrogen-bond donors (Lipinski definition) is 1. The number of halogens is 1. The van der Waals surface area contributed by atoms with Crippen LogP contribution in [0.3, 0.4) is 0 Å². The SMILES string of the molecule is CCOc1ccc(S(=O)(=O)N(CC(=O)N(Cc2ccc(C)cc2)C(Cc2ccccc2)C(=O)NCC(C)C)c2ccc(F)cc2)cc1. The average Bonchev–Trinajstić information content (AvgIpc) is 3.06. The average molecular weight is 660 g/mol. The van der Waals surface area contributed by atoms with Crippen LogP contribution in [0.15, 0.2) is 108 Å². The summed E-state index contributed by atoms with van der Waals surface area (Å²) in [5.41, 5.74) is 2.76. The van der Waals surface area contributed by atoms with E-state index < -0.39 is 34.3 Å². The first-order chi connectivity index (χ1) is 22.5. The zero-order valence-corrected chi connectivity index (χ0v) is 28.0. The Balaban J connectivity index is 1.78. The number of carbonyl (C=O) groups is 2. The lowest BCUT2D eigenvalue weighted by Crippen LogP contribution is -2.53. The molecule has 4 rings (SSSR count). The van der Waals surface area contributed by atoms with Gasteiger partial charge in [-0.2, -0.15) is 0 Å². The second kappa shape index (κ2) is 16.2. The minimum Gasteiger partial charge on any atom is -0.494 e. The van der Waals surface area contributed by atoms with Crippen LogP contribution < -0.4 is 14.4 Å². The number of hydrogen-bond acceptors (Lipinski definition) is 5. The minimum atomic E-state index is -4.32. The third-order valence-corrected chi connectivity index (χ3v) is 9.33. The van der Waals surface area contributed by atoms with Crippen molar-refractivity contribution in [2.75, 3.05) is 24.0 Å². The van der Waals surface area contributed by atoms with Crippen LogP contribution in [0.2, 0.25) is 0 Å². The molecule has 2 amide bonds. The molecule has 0 aromatic heterocycles. The van der Waals surface area contributed by atoms with E-state index >= 15 is 0 Å². The number of benzene rings is 4. The molecule has 47 heavy (non-hydrogen) atoms. The molecular formula is C37H42FN3O5S. The van der Waals surface area contributed by atoms with E-state index in [1.807, 2.05) is 82.3 Å². The summed E-state index contributed by atoms with van der Waals surface area (Å²) in [6.07, 6.45) is 0.213. The highest BCUT2D eigenvalue weighted by Crippen LogP contribution is 2.27. The molecule has 248 valence electrons. The lowest BCUT2D eigenvalue weighted by Gasteiger charge is -2.34. The minimum absolute atomic E-state index is 0.0616. The first-order valence-electron chi connectivity index (χ1n) is 15.7. The lowest BCUT2D eigenvalue weighted by atomic mass is 10.0. The van der Waals surface area contributed by atoms with Crippen molar-refractivity contribution in [2.45, 2.75) is 51.6 Å². The third kappa shape index (κ3) is 9.65. The molecule has 0 aliphatic rings. The van der Waals surface area contributed by atoms with Crippen molar-refractivity contribution in [2.24, 2.45) is 5.92 Å². The van der Waals surface area contributed by atoms with E-state index in [2.05, 4.69) is 5.32 Å². The first-order valence-corrected chi connectivity index (χ1v) is 17.1. The number of rotatable bonds is 15. The van der Waals surface area contributed by atoms with Gasteiger partial charge in [0.2, 0.25) is 11.8 Å². The molecule has 0 aliphatic carbocycles. The summed E-state index contributed by atoms with van der Waals surface area (Å²) in [4.78, 5) is 29.7. The van der Waals surface area contributed by atoms with Crippen LogP contribution in [0.4, 0.5) is 10.1 Å². The Morgan fingerprint density at radius 1 is 0.851 bits per heavy atom. The molecule has 0 spiro atoms. The van der Waals surface area contributed by atoms with Gasteiger partial charge in [0.1, 0.15) is 24.2 Å². The fraction of sp³-hybridized carbons (Fsp3) is 0.297. The molecule has 4 aromatic carbocycles. The maximum Gasteiger partial charge on any atom is 0.264 e. The summed E-state index contributed by atoms with van der Waals surface area (Å²) in [5, 5.41) is 2.98. The number of sulfonamides is 1. The monoisotopic (exact) mass is 659 g/mol. The molecule has 0 saturated carbocycles. The molecule has 0 bridgehead atoms. The molecule has 1 unspecified atom stereocenters. The molecule has 8 nitrogen and oxygen atoms in total. The largest absolute Gasteiger partial charge is 0.494 e. The second-order valence-corrected chi connectivity index (χ2v) is 13.6. The van der Waals surface area contributed by atoms with Crippen LogP contribution in [-0.4, -0.2) is 50.9 Å². The molecule has 0 aliphatic heterocycles. The zero-order chi connectivity index (χ0) is 34.0. The van der Waals surface area contributed by atoms with E-state index in [1.54, 1.807) is 12.1 Å². The van der Waals surface area contributed by atoms with Crippen LogP contribution in [0.1, 0.15) is 37.5 Å². The van der Waals surface area contributed by atoms with Crippen molar-refractivity contribution in [3.8, 4) is 5.75 Å². The summed E-state index contributed by atoms with van der Waals surface area (Å²) in [6.45, 7) is 7.99. The highest BCUT2D eigenvalue weighted by molar-refractivity contribution is 7.92. The smallest absolute Gasteiger partial charge is 0.264 e. The van der Waals surface area contributed by atoms with Gasteiger partial charge in [0.05, 0.1) is 17.2 Å². The number of carbonyl (C=O) groups excluding carboxylic acids is 2. The van der Waals surface area contributed by atoms with Crippen LogP contribution in [0.5, 0.6) is 5.75 Å². The molecule has 1 N–H and O–H groups in total. The summed E-state index contributed by atoms with van der Waals surface area (Å²) in [7, 11) is -4.32. The molecule has 1 atom stereocenters. The van der Waals surface area contributed by atoms with Gasteiger partial charge in [-0.15, -0.1) is 0 Å². The third-order valence-electron chi connectivity index (χ3n) is 7.55. The van der Waals surface area contributed by atoms with Gasteiger partial charge >= 0.3 is 0 Å². The Labute approximate surface area is 277 Å². The van der Waals surface area contributed by atoms with Crippen LogP contribution in [-0.2, 0) is 32.6 Å². The lowest BCUT2D eigenvalue weighted by molar-refractivity contribution is -0.140. The molecule has 0 fully saturated rings. The van der Waals surface area contributed by atoms with Crippen molar-refractivity contribution in [1.29, 1.82) is 0 Å². The summed E-state index contributed by atoms with van der Waals surface area (Å²) in [5.74, 6) is -0.818. The second-order valence-electron chi connectivity index (χ2n) is 11.7. The molecule has 0 heterocycles. The number of aryl methyl sites for hydroxylation is 1. The maximum atomic E-state index is 14.5. The van der Waals surface area contributed by atoms with Crippen LogP contribution in [0.25, 0.3) is 0 Å². The predicted molar refractivity (Wildman–Crippen MR) is 182 cm³/mol. The Morgan fingerprint density at radius 2 is 1.49 bits per heavy atom. The Kier molecular flexibility index (Phi) is 12.1. The first kappa shape index (κ1) is 35.2. The molecule has 0 radical (unpaired) electrons. The Bertz CT molecular complexity index is 1710. The van der Waals surface area contributed by atoms with Gasteiger partial charge in [0.25, 0.3) is 10.0 Å². The number of nitrogens with one attached hydrogen (secondary N) is 1. The number of amides is 2. The fourth-order valence-corrected chi connectivity index (χ4v) is 6.42. The predicted octanol–water partition coefficient (Wildman–Crippen LogP) is 6.14.